The van der Waals surface area contributed by atoms with Crippen molar-refractivity contribution < 1.29 is 27.1 Å². The average molecular weight is 593 g/mol. The highest BCUT2D eigenvalue weighted by Crippen LogP contribution is 2.34. The van der Waals surface area contributed by atoms with Crippen molar-refractivity contribution >= 4 is 28.1 Å². The number of alkyl halides is 3. The van der Waals surface area contributed by atoms with Crippen LogP contribution in [0, 0.1) is 6.92 Å². The number of hydrogen-bond donors (Lipinski definition) is 0. The normalized spacial score (nSPS) is 12.3. The highest BCUT2D eigenvalue weighted by atomic mass is 32.1. The molecule has 5 aromatic rings. The van der Waals surface area contributed by atoms with E-state index in [0.717, 1.165) is 49.0 Å². The van der Waals surface area contributed by atoms with Crippen molar-refractivity contribution in [3.8, 4) is 10.6 Å². The number of halogens is 3. The molecular weight excluding hydrogens is 561 g/mol. The van der Waals surface area contributed by atoms with Crippen LogP contribution in [0.25, 0.3) is 21.3 Å². The van der Waals surface area contributed by atoms with E-state index in [9.17, 15) is 18.0 Å². The minimum Gasteiger partial charge on any atom is -0.468 e. The van der Waals surface area contributed by atoms with Crippen LogP contribution in [0.15, 0.2) is 83.4 Å². The van der Waals surface area contributed by atoms with Crippen LogP contribution in [0.5, 0.6) is 0 Å². The first kappa shape index (κ1) is 29.5. The smallest absolute Gasteiger partial charge is 0.449 e. The van der Waals surface area contributed by atoms with Crippen LogP contribution >= 0.6 is 11.3 Å². The molecule has 5 rings (SSSR count). The third-order valence-electron chi connectivity index (χ3n) is 7.44. The number of methoxy groups -OCH3 is 1. The molecule has 0 N–H and O–H groups in total. The third kappa shape index (κ3) is 6.27. The Balaban J connectivity index is 1.45. The van der Waals surface area contributed by atoms with Gasteiger partial charge in [-0.1, -0.05) is 54.6 Å². The number of esters is 1. The van der Waals surface area contributed by atoms with Crippen molar-refractivity contribution in [1.29, 1.82) is 0 Å². The van der Waals surface area contributed by atoms with E-state index in [0.29, 0.717) is 13.1 Å². The number of aromatic nitrogens is 1. The zero-order chi connectivity index (χ0) is 30.1. The molecule has 0 saturated carbocycles. The van der Waals surface area contributed by atoms with E-state index in [1.165, 1.54) is 24.5 Å². The van der Waals surface area contributed by atoms with Gasteiger partial charge in [-0.2, -0.15) is 13.2 Å². The first-order chi connectivity index (χ1) is 20.0. The number of carbonyl (C=O) groups excluding carboxylic acids is 1. The fourth-order valence-corrected chi connectivity index (χ4v) is 5.98. The van der Waals surface area contributed by atoms with Crippen molar-refractivity contribution in [2.45, 2.75) is 52.0 Å². The number of nitrogens with zero attached hydrogens (tertiary/aromatic N) is 2. The predicted octanol–water partition coefficient (Wildman–Crippen LogP) is 8.54. The summed E-state index contributed by atoms with van der Waals surface area (Å²) in [6, 6.07) is 22.3. The summed E-state index contributed by atoms with van der Waals surface area (Å²) in [6.45, 7) is 6.83. The Bertz CT molecular complexity index is 1720. The Labute approximate surface area is 246 Å². The van der Waals surface area contributed by atoms with Crippen LogP contribution in [0.2, 0.25) is 0 Å². The number of aryl methyl sites for hydroxylation is 1. The van der Waals surface area contributed by atoms with E-state index >= 15 is 0 Å². The summed E-state index contributed by atoms with van der Waals surface area (Å²) in [5, 5.41) is 2.99. The third-order valence-corrected chi connectivity index (χ3v) is 8.47. The van der Waals surface area contributed by atoms with Gasteiger partial charge in [0.1, 0.15) is 10.8 Å². The topological polar surface area (TPSA) is 55.6 Å². The van der Waals surface area contributed by atoms with Crippen LogP contribution in [-0.2, 0) is 40.8 Å². The van der Waals surface area contributed by atoms with Crippen molar-refractivity contribution in [1.82, 2.24) is 9.88 Å². The fraction of sp³-hybridized carbons (Fsp3) is 0.273. The van der Waals surface area contributed by atoms with Crippen LogP contribution in [0.1, 0.15) is 46.9 Å². The second kappa shape index (κ2) is 11.7. The van der Waals surface area contributed by atoms with Gasteiger partial charge in [0, 0.05) is 29.7 Å². The molecule has 0 radical (unpaired) electrons. The van der Waals surface area contributed by atoms with Gasteiger partial charge in [-0.25, -0.2) is 4.98 Å². The maximum absolute atomic E-state index is 13.3. The summed E-state index contributed by atoms with van der Waals surface area (Å²) in [7, 11) is 1.37. The van der Waals surface area contributed by atoms with Crippen molar-refractivity contribution in [3.63, 3.8) is 0 Å². The second-order valence-corrected chi connectivity index (χ2v) is 11.9. The summed E-state index contributed by atoms with van der Waals surface area (Å²) < 4.78 is 49.9. The summed E-state index contributed by atoms with van der Waals surface area (Å²) in [4.78, 5) is 20.0. The van der Waals surface area contributed by atoms with Gasteiger partial charge >= 0.3 is 12.1 Å². The van der Waals surface area contributed by atoms with Crippen molar-refractivity contribution in [3.05, 3.63) is 112 Å². The maximum Gasteiger partial charge on any atom is 0.449 e. The molecule has 9 heteroatoms. The Morgan fingerprint density at radius 1 is 0.976 bits per heavy atom. The molecule has 0 bridgehead atoms. The first-order valence-corrected chi connectivity index (χ1v) is 14.3. The molecule has 0 aliphatic rings. The highest BCUT2D eigenvalue weighted by Gasteiger charge is 2.35. The van der Waals surface area contributed by atoms with Gasteiger partial charge in [0.2, 0.25) is 5.76 Å². The number of rotatable bonds is 9. The molecule has 42 heavy (non-hydrogen) atoms. The van der Waals surface area contributed by atoms with Crippen LogP contribution in [0.3, 0.4) is 0 Å². The summed E-state index contributed by atoms with van der Waals surface area (Å²) in [5.74, 6) is -1.10. The Kier molecular flexibility index (Phi) is 8.25. The monoisotopic (exact) mass is 592 g/mol. The van der Waals surface area contributed by atoms with E-state index in [2.05, 4.69) is 34.1 Å². The summed E-state index contributed by atoms with van der Waals surface area (Å²) in [6.07, 6.45) is -2.75. The molecule has 0 spiro atoms. The molecule has 2 heterocycles. The number of carbonyl (C=O) groups is 1. The SMILES string of the molecule is COC(=O)C(C)(C)c1cccc(-c2ncc(CN(Cc3ccc(C(F)(F)F)o3)Cc3c(C)ccc4ccccc34)s2)c1. The molecule has 0 atom stereocenters. The van der Waals surface area contributed by atoms with E-state index in [-0.39, 0.29) is 18.3 Å². The number of hydrogen-bond acceptors (Lipinski definition) is 6. The largest absolute Gasteiger partial charge is 0.468 e. The van der Waals surface area contributed by atoms with Crippen molar-refractivity contribution in [2.75, 3.05) is 7.11 Å². The Hall–Kier alpha value is -3.95. The van der Waals surface area contributed by atoms with Crippen molar-refractivity contribution in [2.24, 2.45) is 0 Å². The zero-order valence-corrected chi connectivity index (χ0v) is 24.6. The number of ether oxygens (including phenoxy) is 1. The molecule has 0 amide bonds. The van der Waals surface area contributed by atoms with Gasteiger partial charge in [-0.3, -0.25) is 9.69 Å². The van der Waals surface area contributed by atoms with Gasteiger partial charge in [0.25, 0.3) is 0 Å². The molecule has 0 saturated heterocycles. The lowest BCUT2D eigenvalue weighted by molar-refractivity contribution is -0.153. The van der Waals surface area contributed by atoms with Crippen LogP contribution in [0.4, 0.5) is 13.2 Å². The molecule has 0 aliphatic heterocycles. The van der Waals surface area contributed by atoms with E-state index in [1.807, 2.05) is 57.2 Å². The minimum absolute atomic E-state index is 0.189. The quantitative estimate of drug-likeness (QED) is 0.161. The molecule has 2 aromatic heterocycles. The fourth-order valence-electron chi connectivity index (χ4n) is 5.03. The predicted molar refractivity (Wildman–Crippen MR) is 158 cm³/mol. The van der Waals surface area contributed by atoms with Gasteiger partial charge in [0.05, 0.1) is 19.1 Å². The average Bonchev–Trinajstić information content (AvgIpc) is 3.64. The second-order valence-electron chi connectivity index (χ2n) is 10.8. The van der Waals surface area contributed by atoms with E-state index in [1.54, 1.807) is 6.20 Å². The Morgan fingerprint density at radius 2 is 1.76 bits per heavy atom. The van der Waals surface area contributed by atoms with E-state index in [4.69, 9.17) is 9.15 Å². The standard InChI is InChI=1S/C33H31F3N2O3S/c1-21-12-13-22-8-5-6-11-27(22)28(21)20-38(18-25-14-15-29(41-25)33(34,35)36)19-26-17-37-30(42-26)23-9-7-10-24(16-23)32(2,3)31(39)40-4/h5-17H,18-20H2,1-4H3. The number of furan rings is 1. The lowest BCUT2D eigenvalue weighted by atomic mass is 9.84. The highest BCUT2D eigenvalue weighted by molar-refractivity contribution is 7.15. The molecular formula is C33H31F3N2O3S. The number of fused-ring (bicyclic) bond motifs is 1. The molecule has 0 aliphatic carbocycles. The lowest BCUT2D eigenvalue weighted by Crippen LogP contribution is -2.30. The first-order valence-electron chi connectivity index (χ1n) is 13.4. The maximum atomic E-state index is 13.3. The van der Waals surface area contributed by atoms with Gasteiger partial charge in [-0.15, -0.1) is 11.3 Å². The Morgan fingerprint density at radius 3 is 2.50 bits per heavy atom. The molecule has 0 unspecified atom stereocenters. The number of benzene rings is 3. The van der Waals surface area contributed by atoms with Gasteiger partial charge in [-0.05, 0) is 66.4 Å². The molecule has 0 fully saturated rings. The van der Waals surface area contributed by atoms with Gasteiger partial charge in [0.15, 0.2) is 0 Å². The minimum atomic E-state index is -4.54. The van der Waals surface area contributed by atoms with Crippen LogP contribution in [-0.4, -0.2) is 23.0 Å². The lowest BCUT2D eigenvalue weighted by Gasteiger charge is -2.23. The van der Waals surface area contributed by atoms with E-state index < -0.39 is 17.4 Å². The van der Waals surface area contributed by atoms with Gasteiger partial charge < -0.3 is 9.15 Å². The molecule has 3 aromatic carbocycles. The molecule has 5 nitrogen and oxygen atoms in total. The number of thiazole rings is 1. The zero-order valence-electron chi connectivity index (χ0n) is 23.8. The summed E-state index contributed by atoms with van der Waals surface area (Å²) in [5.41, 5.74) is 3.08. The van der Waals surface area contributed by atoms with Crippen LogP contribution < -0.4 is 0 Å². The summed E-state index contributed by atoms with van der Waals surface area (Å²) >= 11 is 1.51. The molecule has 218 valence electrons.